The van der Waals surface area contributed by atoms with E-state index in [0.29, 0.717) is 33.6 Å². The van der Waals surface area contributed by atoms with Gasteiger partial charge >= 0.3 is 0 Å². The van der Waals surface area contributed by atoms with Crippen molar-refractivity contribution in [2.45, 2.75) is 51.4 Å². The van der Waals surface area contributed by atoms with E-state index in [4.69, 9.17) is 0 Å². The Morgan fingerprint density at radius 1 is 0.405 bits per heavy atom. The van der Waals surface area contributed by atoms with Gasteiger partial charge in [-0.1, -0.05) is 25.7 Å². The Kier molecular flexibility index (Phi) is 9.64. The van der Waals surface area contributed by atoms with Gasteiger partial charge in [-0.15, -0.1) is 0 Å². The van der Waals surface area contributed by atoms with Crippen molar-refractivity contribution in [1.29, 1.82) is 0 Å². The van der Waals surface area contributed by atoms with Crippen LogP contribution in [0.1, 0.15) is 92.8 Å². The molecule has 2 N–H and O–H groups in total. The summed E-state index contributed by atoms with van der Waals surface area (Å²) in [5.74, 6) is -0.557. The van der Waals surface area contributed by atoms with E-state index in [9.17, 15) is 19.2 Å². The number of carbonyl (C=O) groups excluding carboxylic acids is 4. The topological polar surface area (TPSA) is 98.8 Å². The minimum absolute atomic E-state index is 0.0286. The van der Waals surface area contributed by atoms with Gasteiger partial charge in [0, 0.05) is 59.8 Å². The fourth-order valence-corrected chi connectivity index (χ4v) is 5.48. The smallest absolute Gasteiger partial charge is 0.255 e. The van der Waals surface area contributed by atoms with Gasteiger partial charge in [0.25, 0.3) is 23.6 Å². The molecule has 0 spiro atoms. The van der Waals surface area contributed by atoms with Crippen LogP contribution in [-0.2, 0) is 0 Å². The molecule has 5 rings (SSSR count). The lowest BCUT2D eigenvalue weighted by Crippen LogP contribution is -2.31. The summed E-state index contributed by atoms with van der Waals surface area (Å²) in [5.41, 5.74) is 3.23. The molecule has 0 atom stereocenters. The summed E-state index contributed by atoms with van der Waals surface area (Å²) in [6.45, 7) is 3.16. The van der Waals surface area contributed by atoms with E-state index >= 15 is 0 Å². The van der Waals surface area contributed by atoms with Crippen molar-refractivity contribution in [2.24, 2.45) is 0 Å². The zero-order valence-electron chi connectivity index (χ0n) is 23.9. The molecule has 0 saturated carbocycles. The Morgan fingerprint density at radius 3 is 1.00 bits per heavy atom. The van der Waals surface area contributed by atoms with Crippen LogP contribution < -0.4 is 10.6 Å². The number of likely N-dealkylation sites (tertiary alicyclic amines) is 2. The van der Waals surface area contributed by atoms with Gasteiger partial charge in [-0.25, -0.2) is 0 Å². The maximum atomic E-state index is 12.8. The highest BCUT2D eigenvalue weighted by Gasteiger charge is 2.19. The van der Waals surface area contributed by atoms with E-state index in [1.54, 1.807) is 72.8 Å². The van der Waals surface area contributed by atoms with Gasteiger partial charge in [0.15, 0.2) is 0 Å². The predicted molar refractivity (Wildman–Crippen MR) is 164 cm³/mol. The van der Waals surface area contributed by atoms with Crippen LogP contribution in [0.15, 0.2) is 72.8 Å². The Balaban J connectivity index is 1.13. The van der Waals surface area contributed by atoms with Gasteiger partial charge in [0.2, 0.25) is 0 Å². The minimum Gasteiger partial charge on any atom is -0.339 e. The van der Waals surface area contributed by atoms with Crippen molar-refractivity contribution < 1.29 is 19.2 Å². The van der Waals surface area contributed by atoms with E-state index in [1.807, 2.05) is 9.80 Å². The van der Waals surface area contributed by atoms with E-state index in [0.717, 1.165) is 77.5 Å². The summed E-state index contributed by atoms with van der Waals surface area (Å²) in [6, 6.07) is 20.3. The van der Waals surface area contributed by atoms with E-state index in [2.05, 4.69) is 10.6 Å². The molecule has 2 heterocycles. The van der Waals surface area contributed by atoms with Crippen molar-refractivity contribution in [1.82, 2.24) is 9.80 Å². The number of benzene rings is 3. The molecule has 2 saturated heterocycles. The van der Waals surface area contributed by atoms with Crippen molar-refractivity contribution in [3.63, 3.8) is 0 Å². The highest BCUT2D eigenvalue weighted by Crippen LogP contribution is 2.19. The third-order valence-electron chi connectivity index (χ3n) is 7.98. The number of hydrogen-bond acceptors (Lipinski definition) is 4. The van der Waals surface area contributed by atoms with Crippen molar-refractivity contribution >= 4 is 35.0 Å². The third kappa shape index (κ3) is 7.43. The summed E-state index contributed by atoms with van der Waals surface area (Å²) < 4.78 is 0. The van der Waals surface area contributed by atoms with Gasteiger partial charge < -0.3 is 20.4 Å². The summed E-state index contributed by atoms with van der Waals surface area (Å²) in [4.78, 5) is 55.0. The molecule has 0 radical (unpaired) electrons. The Hall–Kier alpha value is -4.46. The molecule has 8 nitrogen and oxygen atoms in total. The lowest BCUT2D eigenvalue weighted by atomic mass is 10.1. The number of carbonyl (C=O) groups is 4. The number of nitrogens with one attached hydrogen (secondary N) is 2. The lowest BCUT2D eigenvalue weighted by Gasteiger charge is -2.20. The van der Waals surface area contributed by atoms with Crippen LogP contribution in [0.4, 0.5) is 11.4 Å². The second kappa shape index (κ2) is 13.9. The highest BCUT2D eigenvalue weighted by atomic mass is 16.2. The van der Waals surface area contributed by atoms with E-state index in [1.165, 1.54) is 0 Å². The molecule has 3 aromatic rings. The second-order valence-electron chi connectivity index (χ2n) is 11.1. The molecular formula is C34H38N4O4. The standard InChI is InChI=1S/C34H38N4O4/c39-31(35-29-17-13-27(14-18-29)33(41)37-21-5-1-2-6-22-37)25-9-11-26(12-10-25)32(40)36-30-19-15-28(16-20-30)34(42)38-23-7-3-4-8-24-38/h9-20H,1-8,21-24H2,(H,35,39)(H,36,40). The predicted octanol–water partition coefficient (Wildman–Crippen LogP) is 6.22. The van der Waals surface area contributed by atoms with Crippen LogP contribution >= 0.6 is 0 Å². The van der Waals surface area contributed by atoms with Crippen molar-refractivity contribution in [3.8, 4) is 0 Å². The first kappa shape index (κ1) is 29.0. The second-order valence-corrected chi connectivity index (χ2v) is 11.1. The normalized spacial score (nSPS) is 15.7. The molecule has 0 bridgehead atoms. The van der Waals surface area contributed by atoms with Crippen LogP contribution in [0.5, 0.6) is 0 Å². The maximum absolute atomic E-state index is 12.8. The summed E-state index contributed by atoms with van der Waals surface area (Å²) in [7, 11) is 0. The first-order valence-electron chi connectivity index (χ1n) is 15.0. The first-order valence-corrected chi connectivity index (χ1v) is 15.0. The fourth-order valence-electron chi connectivity index (χ4n) is 5.48. The van der Waals surface area contributed by atoms with Gasteiger partial charge in [0.1, 0.15) is 0 Å². The minimum atomic E-state index is -0.307. The van der Waals surface area contributed by atoms with E-state index in [-0.39, 0.29) is 23.6 Å². The summed E-state index contributed by atoms with van der Waals surface area (Å²) in [5, 5.41) is 5.70. The third-order valence-corrected chi connectivity index (χ3v) is 7.98. The van der Waals surface area contributed by atoms with Gasteiger partial charge in [0.05, 0.1) is 0 Å². The average Bonchev–Trinajstić information content (AvgIpc) is 3.47. The zero-order valence-corrected chi connectivity index (χ0v) is 23.9. The molecule has 8 heteroatoms. The van der Waals surface area contributed by atoms with Crippen LogP contribution in [-0.4, -0.2) is 59.6 Å². The van der Waals surface area contributed by atoms with Gasteiger partial charge in [-0.2, -0.15) is 0 Å². The van der Waals surface area contributed by atoms with Gasteiger partial charge in [-0.3, -0.25) is 19.2 Å². The molecule has 0 aliphatic carbocycles. The monoisotopic (exact) mass is 566 g/mol. The Bertz CT molecular complexity index is 1280. The zero-order chi connectivity index (χ0) is 29.3. The Morgan fingerprint density at radius 2 is 0.690 bits per heavy atom. The molecule has 2 aliphatic rings. The lowest BCUT2D eigenvalue weighted by molar-refractivity contribution is 0.0754. The van der Waals surface area contributed by atoms with E-state index < -0.39 is 0 Å². The van der Waals surface area contributed by atoms with Crippen molar-refractivity contribution in [3.05, 3.63) is 95.1 Å². The van der Waals surface area contributed by atoms with Crippen LogP contribution in [0.25, 0.3) is 0 Å². The van der Waals surface area contributed by atoms with Crippen molar-refractivity contribution in [2.75, 3.05) is 36.8 Å². The number of hydrogen-bond donors (Lipinski definition) is 2. The first-order chi connectivity index (χ1) is 20.5. The number of nitrogens with zero attached hydrogens (tertiary/aromatic N) is 2. The molecule has 2 fully saturated rings. The van der Waals surface area contributed by atoms with Crippen LogP contribution in [0.2, 0.25) is 0 Å². The quantitative estimate of drug-likeness (QED) is 0.370. The van der Waals surface area contributed by atoms with Crippen LogP contribution in [0.3, 0.4) is 0 Å². The van der Waals surface area contributed by atoms with Gasteiger partial charge in [-0.05, 0) is 98.5 Å². The molecular weight excluding hydrogens is 528 g/mol. The number of rotatable bonds is 6. The summed E-state index contributed by atoms with van der Waals surface area (Å²) in [6.07, 6.45) is 8.80. The van der Waals surface area contributed by atoms with Crippen LogP contribution in [0, 0.1) is 0 Å². The Labute approximate surface area is 247 Å². The SMILES string of the molecule is O=C(Nc1ccc(C(=O)N2CCCCCC2)cc1)c1ccc(C(=O)Nc2ccc(C(=O)N3CCCCCC3)cc2)cc1. The average molecular weight is 567 g/mol. The molecule has 0 unspecified atom stereocenters. The largest absolute Gasteiger partial charge is 0.339 e. The highest BCUT2D eigenvalue weighted by molar-refractivity contribution is 6.07. The summed E-state index contributed by atoms with van der Waals surface area (Å²) >= 11 is 0. The number of anilines is 2. The molecule has 2 aliphatic heterocycles. The maximum Gasteiger partial charge on any atom is 0.255 e. The fraction of sp³-hybridized carbons (Fsp3) is 0.353. The number of amides is 4. The molecule has 218 valence electrons. The molecule has 0 aromatic heterocycles. The molecule has 42 heavy (non-hydrogen) atoms. The molecule has 3 aromatic carbocycles. The molecule has 4 amide bonds.